The Morgan fingerprint density at radius 1 is 1.55 bits per heavy atom. The van der Waals surface area contributed by atoms with E-state index in [4.69, 9.17) is 9.15 Å². The molecule has 1 aromatic heterocycles. The van der Waals surface area contributed by atoms with Crippen molar-refractivity contribution in [3.05, 3.63) is 23.7 Å². The number of furan rings is 1. The van der Waals surface area contributed by atoms with Crippen LogP contribution in [0, 0.1) is 0 Å². The molecule has 0 aliphatic carbocycles. The number of rotatable bonds is 5. The number of aliphatic carboxylic acids is 1. The van der Waals surface area contributed by atoms with Crippen molar-refractivity contribution < 1.29 is 23.8 Å². The number of methoxy groups -OCH3 is 1. The molecule has 110 valence electrons. The molecule has 7 heteroatoms. The van der Waals surface area contributed by atoms with Crippen LogP contribution in [0.1, 0.15) is 22.7 Å². The molecule has 1 fully saturated rings. The van der Waals surface area contributed by atoms with Gasteiger partial charge in [0.25, 0.3) is 5.91 Å². The Morgan fingerprint density at radius 3 is 2.90 bits per heavy atom. The van der Waals surface area contributed by atoms with Crippen LogP contribution in [0.25, 0.3) is 0 Å². The Hall–Kier alpha value is -1.47. The fourth-order valence-corrected chi connectivity index (χ4v) is 2.72. The molecule has 1 aliphatic rings. The molecule has 0 aromatic carbocycles. The lowest BCUT2D eigenvalue weighted by molar-refractivity contribution is -0.141. The van der Waals surface area contributed by atoms with Crippen molar-refractivity contribution in [2.75, 3.05) is 19.9 Å². The van der Waals surface area contributed by atoms with E-state index >= 15 is 0 Å². The molecule has 6 nitrogen and oxygen atoms in total. The Kier molecular flexibility index (Phi) is 4.72. The van der Waals surface area contributed by atoms with Crippen molar-refractivity contribution in [1.82, 2.24) is 4.90 Å². The minimum absolute atomic E-state index is 0.178. The number of carbonyl (C=O) groups is 2. The van der Waals surface area contributed by atoms with E-state index in [1.807, 2.05) is 6.26 Å². The van der Waals surface area contributed by atoms with Gasteiger partial charge in [-0.15, -0.1) is 0 Å². The molecular weight excluding hydrogens is 282 g/mol. The summed E-state index contributed by atoms with van der Waals surface area (Å²) in [6, 6.07) is 2.47. The zero-order valence-corrected chi connectivity index (χ0v) is 12.2. The summed E-state index contributed by atoms with van der Waals surface area (Å²) in [5.74, 6) is 0.140. The molecule has 1 saturated heterocycles. The van der Waals surface area contributed by atoms with Crippen LogP contribution in [-0.4, -0.2) is 53.9 Å². The van der Waals surface area contributed by atoms with Crippen molar-refractivity contribution in [2.24, 2.45) is 0 Å². The van der Waals surface area contributed by atoms with Gasteiger partial charge in [0, 0.05) is 20.1 Å². The lowest BCUT2D eigenvalue weighted by Crippen LogP contribution is -2.40. The summed E-state index contributed by atoms with van der Waals surface area (Å²) in [7, 11) is 1.51. The molecule has 2 rings (SSSR count). The number of likely N-dealkylation sites (tertiary alicyclic amines) is 1. The Morgan fingerprint density at radius 2 is 2.30 bits per heavy atom. The third kappa shape index (κ3) is 2.99. The molecular formula is C13H17NO5S. The second-order valence-corrected chi connectivity index (χ2v) is 5.47. The van der Waals surface area contributed by atoms with Gasteiger partial charge >= 0.3 is 5.97 Å². The number of hydrogen-bond donors (Lipinski definition) is 1. The number of thioether (sulfide) groups is 1. The van der Waals surface area contributed by atoms with Crippen LogP contribution in [0.4, 0.5) is 0 Å². The van der Waals surface area contributed by atoms with E-state index in [0.717, 1.165) is 0 Å². The van der Waals surface area contributed by atoms with Gasteiger partial charge < -0.3 is 19.2 Å². The van der Waals surface area contributed by atoms with Gasteiger partial charge in [0.2, 0.25) is 0 Å². The minimum Gasteiger partial charge on any atom is -0.480 e. The number of hydrogen-bond acceptors (Lipinski definition) is 5. The van der Waals surface area contributed by atoms with E-state index in [-0.39, 0.29) is 18.4 Å². The highest BCUT2D eigenvalue weighted by atomic mass is 32.2. The van der Waals surface area contributed by atoms with Crippen molar-refractivity contribution in [3.8, 4) is 0 Å². The van der Waals surface area contributed by atoms with Crippen molar-refractivity contribution in [2.45, 2.75) is 24.3 Å². The highest BCUT2D eigenvalue weighted by molar-refractivity contribution is 7.97. The molecule has 2 heterocycles. The highest BCUT2D eigenvalue weighted by Crippen LogP contribution is 2.24. The van der Waals surface area contributed by atoms with Crippen LogP contribution in [-0.2, 0) is 15.3 Å². The third-order valence-corrected chi connectivity index (χ3v) is 3.87. The van der Waals surface area contributed by atoms with Gasteiger partial charge in [-0.1, -0.05) is 0 Å². The first kappa shape index (κ1) is 14.9. The van der Waals surface area contributed by atoms with Crippen molar-refractivity contribution >= 4 is 23.6 Å². The van der Waals surface area contributed by atoms with E-state index in [9.17, 15) is 14.7 Å². The summed E-state index contributed by atoms with van der Waals surface area (Å²) >= 11 is 1.59. The summed E-state index contributed by atoms with van der Waals surface area (Å²) in [5, 5.41) is 9.20. The van der Waals surface area contributed by atoms with Gasteiger partial charge in [0.05, 0.1) is 11.9 Å². The van der Waals surface area contributed by atoms with Crippen molar-refractivity contribution in [3.63, 3.8) is 0 Å². The normalized spacial score (nSPS) is 22.2. The molecule has 2 unspecified atom stereocenters. The fourth-order valence-electron chi connectivity index (χ4n) is 2.28. The minimum atomic E-state index is -1.02. The topological polar surface area (TPSA) is 80.0 Å². The lowest BCUT2D eigenvalue weighted by atomic mass is 10.2. The summed E-state index contributed by atoms with van der Waals surface area (Å²) in [4.78, 5) is 24.9. The van der Waals surface area contributed by atoms with Gasteiger partial charge in [0.1, 0.15) is 11.8 Å². The highest BCUT2D eigenvalue weighted by Gasteiger charge is 2.40. The number of carbonyl (C=O) groups excluding carboxylic acids is 1. The van der Waals surface area contributed by atoms with Crippen LogP contribution in [0.2, 0.25) is 0 Å². The lowest BCUT2D eigenvalue weighted by Gasteiger charge is -2.19. The third-order valence-electron chi connectivity index (χ3n) is 3.30. The Balaban J connectivity index is 2.15. The van der Waals surface area contributed by atoms with Crippen LogP contribution in [0.3, 0.4) is 0 Å². The molecule has 0 bridgehead atoms. The van der Waals surface area contributed by atoms with Crippen molar-refractivity contribution in [1.29, 1.82) is 0 Å². The number of ether oxygens (including phenoxy) is 1. The van der Waals surface area contributed by atoms with E-state index in [1.54, 1.807) is 23.9 Å². The fraction of sp³-hybridized carbons (Fsp3) is 0.538. The maximum atomic E-state index is 12.3. The zero-order valence-electron chi connectivity index (χ0n) is 11.4. The number of carboxylic acids is 1. The van der Waals surface area contributed by atoms with Crippen LogP contribution in [0.5, 0.6) is 0 Å². The maximum Gasteiger partial charge on any atom is 0.326 e. The molecule has 20 heavy (non-hydrogen) atoms. The summed E-state index contributed by atoms with van der Waals surface area (Å²) in [6.07, 6.45) is 1.99. The molecule has 1 aromatic rings. The van der Waals surface area contributed by atoms with Crippen LogP contribution < -0.4 is 0 Å². The Labute approximate surface area is 121 Å². The van der Waals surface area contributed by atoms with E-state index in [1.165, 1.54) is 12.0 Å². The molecule has 1 aliphatic heterocycles. The van der Waals surface area contributed by atoms with Gasteiger partial charge in [-0.25, -0.2) is 4.79 Å². The second kappa shape index (κ2) is 6.32. The Bertz CT molecular complexity index is 501. The monoisotopic (exact) mass is 299 g/mol. The quantitative estimate of drug-likeness (QED) is 0.886. The SMILES string of the molecule is COC1CC(C(=O)O)N(C(=O)c2ccc(CSC)o2)C1. The van der Waals surface area contributed by atoms with Gasteiger partial charge in [-0.3, -0.25) is 4.79 Å². The largest absolute Gasteiger partial charge is 0.480 e. The van der Waals surface area contributed by atoms with Crippen LogP contribution in [0.15, 0.2) is 16.5 Å². The molecule has 0 radical (unpaired) electrons. The number of nitrogens with zero attached hydrogens (tertiary/aromatic N) is 1. The average Bonchev–Trinajstić information content (AvgIpc) is 3.04. The average molecular weight is 299 g/mol. The smallest absolute Gasteiger partial charge is 0.326 e. The van der Waals surface area contributed by atoms with E-state index < -0.39 is 17.9 Å². The second-order valence-electron chi connectivity index (χ2n) is 4.60. The first-order chi connectivity index (χ1) is 9.56. The van der Waals surface area contributed by atoms with Gasteiger partial charge in [0.15, 0.2) is 5.76 Å². The predicted octanol–water partition coefficient (Wildman–Crippen LogP) is 1.46. The predicted molar refractivity (Wildman–Crippen MR) is 73.8 cm³/mol. The van der Waals surface area contributed by atoms with Gasteiger partial charge in [-0.2, -0.15) is 11.8 Å². The maximum absolute atomic E-state index is 12.3. The number of carboxylic acid groups (broad SMARTS) is 1. The standard InChI is InChI=1S/C13H17NO5S/c1-18-9-5-10(13(16)17)14(6-9)12(15)11-4-3-8(19-11)7-20-2/h3-4,9-10H,5-7H2,1-2H3,(H,16,17). The first-order valence-electron chi connectivity index (χ1n) is 6.21. The first-order valence-corrected chi connectivity index (χ1v) is 7.60. The molecule has 0 saturated carbocycles. The van der Waals surface area contributed by atoms with Gasteiger partial charge in [-0.05, 0) is 18.4 Å². The van der Waals surface area contributed by atoms with E-state index in [0.29, 0.717) is 17.9 Å². The molecule has 0 spiro atoms. The molecule has 1 N–H and O–H groups in total. The summed E-state index contributed by atoms with van der Waals surface area (Å²) in [6.45, 7) is 0.269. The van der Waals surface area contributed by atoms with E-state index in [2.05, 4.69) is 0 Å². The van der Waals surface area contributed by atoms with Crippen LogP contribution >= 0.6 is 11.8 Å². The molecule has 1 amide bonds. The molecule has 2 atom stereocenters. The summed E-state index contributed by atoms with van der Waals surface area (Å²) in [5.41, 5.74) is 0. The summed E-state index contributed by atoms with van der Waals surface area (Å²) < 4.78 is 10.6. The zero-order chi connectivity index (χ0) is 14.7. The number of amides is 1.